The fourth-order valence-corrected chi connectivity index (χ4v) is 3.77. The number of carbonyl (C=O) groups excluding carboxylic acids is 2. The number of nitrogens with zero attached hydrogens (tertiary/aromatic N) is 2. The van der Waals surface area contributed by atoms with Crippen LogP contribution in [0, 0.1) is 0 Å². The number of amides is 1. The van der Waals surface area contributed by atoms with E-state index in [-0.39, 0.29) is 19.1 Å². The molecule has 7 nitrogen and oxygen atoms in total. The summed E-state index contributed by atoms with van der Waals surface area (Å²) in [5, 5.41) is 10.5. The number of benzene rings is 2. The largest absolute Gasteiger partial charge is 0.461 e. The number of rotatable bonds is 8. The second-order valence-electron chi connectivity index (χ2n) is 10.00. The van der Waals surface area contributed by atoms with Crippen LogP contribution < -0.4 is 9.80 Å². The summed E-state index contributed by atoms with van der Waals surface area (Å²) in [6, 6.07) is 11.5. The van der Waals surface area contributed by atoms with Gasteiger partial charge in [0, 0.05) is 44.4 Å². The molecule has 1 amide bonds. The van der Waals surface area contributed by atoms with Gasteiger partial charge in [0.05, 0.1) is 23.5 Å². The first kappa shape index (κ1) is 25.7. The number of fused-ring (bicyclic) bond motifs is 1. The Labute approximate surface area is 202 Å². The smallest absolute Gasteiger partial charge is 0.302 e. The topological polar surface area (TPSA) is 79.3 Å². The maximum atomic E-state index is 13.5. The Morgan fingerprint density at radius 2 is 1.82 bits per heavy atom. The van der Waals surface area contributed by atoms with Gasteiger partial charge in [0.25, 0.3) is 5.91 Å². The van der Waals surface area contributed by atoms with Gasteiger partial charge in [-0.25, -0.2) is 0 Å². The van der Waals surface area contributed by atoms with Crippen molar-refractivity contribution in [3.8, 4) is 0 Å². The number of hydrogen-bond acceptors (Lipinski definition) is 6. The number of ether oxygens (including phenoxy) is 2. The van der Waals surface area contributed by atoms with Gasteiger partial charge in [-0.2, -0.15) is 0 Å². The van der Waals surface area contributed by atoms with E-state index in [1.54, 1.807) is 18.7 Å². The molecule has 1 aliphatic rings. The molecule has 0 unspecified atom stereocenters. The van der Waals surface area contributed by atoms with Crippen molar-refractivity contribution in [2.45, 2.75) is 65.5 Å². The molecule has 1 aliphatic heterocycles. The second kappa shape index (κ2) is 9.76. The summed E-state index contributed by atoms with van der Waals surface area (Å²) in [4.78, 5) is 28.9. The molecule has 0 aromatic heterocycles. The van der Waals surface area contributed by atoms with Gasteiger partial charge in [-0.05, 0) is 69.5 Å². The Morgan fingerprint density at radius 1 is 1.12 bits per heavy atom. The van der Waals surface area contributed by atoms with Gasteiger partial charge in [-0.15, -0.1) is 0 Å². The lowest BCUT2D eigenvalue weighted by atomic mass is 9.89. The zero-order valence-corrected chi connectivity index (χ0v) is 21.3. The lowest BCUT2D eigenvalue weighted by Crippen LogP contribution is -2.47. The Hall–Kier alpha value is -2.90. The molecule has 1 heterocycles. The van der Waals surface area contributed by atoms with E-state index in [9.17, 15) is 14.7 Å². The van der Waals surface area contributed by atoms with Crippen LogP contribution in [0.2, 0.25) is 0 Å². The third kappa shape index (κ3) is 5.42. The van der Waals surface area contributed by atoms with Crippen LogP contribution in [0.3, 0.4) is 0 Å². The molecule has 3 rings (SSSR count). The Balaban J connectivity index is 1.96. The van der Waals surface area contributed by atoms with Gasteiger partial charge in [0.1, 0.15) is 6.61 Å². The molecule has 0 fully saturated rings. The fourth-order valence-electron chi connectivity index (χ4n) is 3.77. The molecule has 1 N–H and O–H groups in total. The minimum atomic E-state index is -1.06. The molecule has 34 heavy (non-hydrogen) atoms. The van der Waals surface area contributed by atoms with Crippen molar-refractivity contribution >= 4 is 23.3 Å². The third-order valence-electron chi connectivity index (χ3n) is 6.71. The molecule has 0 saturated carbocycles. The summed E-state index contributed by atoms with van der Waals surface area (Å²) in [6.45, 7) is 9.18. The van der Waals surface area contributed by atoms with Crippen molar-refractivity contribution in [3.05, 3.63) is 58.7 Å². The Morgan fingerprint density at radius 3 is 2.44 bits per heavy atom. The predicted molar refractivity (Wildman–Crippen MR) is 133 cm³/mol. The van der Waals surface area contributed by atoms with Gasteiger partial charge < -0.3 is 24.4 Å². The first-order valence-electron chi connectivity index (χ1n) is 11.5. The molecular weight excluding hydrogens is 432 g/mol. The highest BCUT2D eigenvalue weighted by Crippen LogP contribution is 2.33. The SMILES string of the molecule is CC(=O)OCc1c(COC(C)(C)C(C)(C)O)cccc1N1CCc2cc(N(C)C)ccc2C1=O. The number of aliphatic hydroxyl groups is 1. The van der Waals surface area contributed by atoms with Crippen molar-refractivity contribution in [3.63, 3.8) is 0 Å². The maximum absolute atomic E-state index is 13.5. The molecule has 0 bridgehead atoms. The zero-order valence-electron chi connectivity index (χ0n) is 21.3. The van der Waals surface area contributed by atoms with E-state index in [0.717, 1.165) is 28.8 Å². The van der Waals surface area contributed by atoms with E-state index in [0.29, 0.717) is 17.8 Å². The molecule has 0 radical (unpaired) electrons. The first-order valence-corrected chi connectivity index (χ1v) is 11.5. The van der Waals surface area contributed by atoms with E-state index in [2.05, 4.69) is 6.07 Å². The third-order valence-corrected chi connectivity index (χ3v) is 6.71. The Kier molecular flexibility index (Phi) is 7.38. The van der Waals surface area contributed by atoms with Gasteiger partial charge >= 0.3 is 5.97 Å². The fraction of sp³-hybridized carbons (Fsp3) is 0.481. The molecule has 0 atom stereocenters. The summed E-state index contributed by atoms with van der Waals surface area (Å²) in [5.74, 6) is -0.476. The minimum absolute atomic E-state index is 0.0311. The van der Waals surface area contributed by atoms with Crippen LogP contribution in [-0.4, -0.2) is 48.8 Å². The molecule has 0 saturated heterocycles. The quantitative estimate of drug-likeness (QED) is 0.588. The number of hydrogen-bond donors (Lipinski definition) is 1. The van der Waals surface area contributed by atoms with Crippen molar-refractivity contribution in [2.24, 2.45) is 0 Å². The number of carbonyl (C=O) groups is 2. The molecule has 2 aromatic rings. The molecule has 0 spiro atoms. The summed E-state index contributed by atoms with van der Waals surface area (Å²) in [6.07, 6.45) is 0.724. The van der Waals surface area contributed by atoms with Crippen LogP contribution in [0.15, 0.2) is 36.4 Å². The highest BCUT2D eigenvalue weighted by Gasteiger charge is 2.36. The van der Waals surface area contributed by atoms with Gasteiger partial charge in [-0.1, -0.05) is 12.1 Å². The molecule has 184 valence electrons. The lowest BCUT2D eigenvalue weighted by Gasteiger charge is -2.37. The lowest BCUT2D eigenvalue weighted by molar-refractivity contribution is -0.154. The van der Waals surface area contributed by atoms with E-state index in [1.165, 1.54) is 6.92 Å². The maximum Gasteiger partial charge on any atom is 0.302 e. The number of anilines is 2. The molecule has 0 aliphatic carbocycles. The van der Waals surface area contributed by atoms with E-state index >= 15 is 0 Å². The standard InChI is InChI=1S/C27H36N2O5/c1-18(30)33-17-23-20(16-34-27(4,5)26(2,3)32)9-8-10-24(23)29-14-13-19-15-21(28(6)7)11-12-22(19)25(29)31/h8-12,15,32H,13-14,16-17H2,1-7H3. The molecular formula is C27H36N2O5. The van der Waals surface area contributed by atoms with E-state index in [1.807, 2.05) is 63.2 Å². The van der Waals surface area contributed by atoms with Crippen LogP contribution in [-0.2, 0) is 33.9 Å². The summed E-state index contributed by atoms with van der Waals surface area (Å²) in [5.41, 5.74) is 3.13. The van der Waals surface area contributed by atoms with Crippen LogP contribution in [0.25, 0.3) is 0 Å². The van der Waals surface area contributed by atoms with Crippen molar-refractivity contribution in [2.75, 3.05) is 30.4 Å². The molecule has 7 heteroatoms. The van der Waals surface area contributed by atoms with E-state index in [4.69, 9.17) is 9.47 Å². The van der Waals surface area contributed by atoms with Gasteiger partial charge in [0.2, 0.25) is 0 Å². The van der Waals surface area contributed by atoms with Crippen LogP contribution in [0.5, 0.6) is 0 Å². The van der Waals surface area contributed by atoms with Crippen molar-refractivity contribution in [1.82, 2.24) is 0 Å². The first-order chi connectivity index (χ1) is 15.8. The van der Waals surface area contributed by atoms with Crippen molar-refractivity contribution in [1.29, 1.82) is 0 Å². The monoisotopic (exact) mass is 468 g/mol. The summed E-state index contributed by atoms with van der Waals surface area (Å²) in [7, 11) is 3.96. The molecule has 2 aromatic carbocycles. The second-order valence-corrected chi connectivity index (χ2v) is 10.00. The predicted octanol–water partition coefficient (Wildman–Crippen LogP) is 4.08. The highest BCUT2D eigenvalue weighted by atomic mass is 16.5. The minimum Gasteiger partial charge on any atom is -0.461 e. The van der Waals surface area contributed by atoms with Gasteiger partial charge in [-0.3, -0.25) is 9.59 Å². The number of esters is 1. The Bertz CT molecular complexity index is 1070. The average Bonchev–Trinajstić information content (AvgIpc) is 2.75. The summed E-state index contributed by atoms with van der Waals surface area (Å²) >= 11 is 0. The van der Waals surface area contributed by atoms with Crippen molar-refractivity contribution < 1.29 is 24.2 Å². The highest BCUT2D eigenvalue weighted by molar-refractivity contribution is 6.08. The van der Waals surface area contributed by atoms with Crippen LogP contribution in [0.4, 0.5) is 11.4 Å². The van der Waals surface area contributed by atoms with Gasteiger partial charge in [0.15, 0.2) is 0 Å². The normalized spacial score (nSPS) is 14.1. The zero-order chi connectivity index (χ0) is 25.3. The summed E-state index contributed by atoms with van der Waals surface area (Å²) < 4.78 is 11.4. The van der Waals surface area contributed by atoms with Crippen LogP contribution in [0.1, 0.15) is 61.7 Å². The average molecular weight is 469 g/mol. The van der Waals surface area contributed by atoms with Crippen LogP contribution >= 0.6 is 0 Å². The van der Waals surface area contributed by atoms with E-state index < -0.39 is 17.2 Å².